The average molecular weight is 249 g/mol. The number of nitrogens with zero attached hydrogens (tertiary/aromatic N) is 2. The molecule has 84 valence electrons. The van der Waals surface area contributed by atoms with Crippen LogP contribution in [-0.4, -0.2) is 16.6 Å². The smallest absolute Gasteiger partial charge is 0.237 e. The van der Waals surface area contributed by atoms with E-state index in [4.69, 9.17) is 27.9 Å². The van der Waals surface area contributed by atoms with Crippen LogP contribution in [0.2, 0.25) is 10.3 Å². The second-order valence-corrected chi connectivity index (χ2v) is 4.42. The first-order chi connectivity index (χ1) is 7.09. The molecule has 0 fully saturated rings. The van der Waals surface area contributed by atoms with E-state index >= 15 is 0 Å². The van der Waals surface area contributed by atoms with Gasteiger partial charge in [0, 0.05) is 0 Å². The number of ether oxygens (including phenoxy) is 1. The summed E-state index contributed by atoms with van der Waals surface area (Å²) in [6, 6.07) is 0. The molecule has 0 atom stereocenters. The molecule has 0 saturated heterocycles. The third kappa shape index (κ3) is 4.67. The van der Waals surface area contributed by atoms with Crippen LogP contribution in [0, 0.1) is 5.92 Å². The van der Waals surface area contributed by atoms with Crippen LogP contribution < -0.4 is 4.74 Å². The predicted molar refractivity (Wildman–Crippen MR) is 61.6 cm³/mol. The Morgan fingerprint density at radius 1 is 1.40 bits per heavy atom. The van der Waals surface area contributed by atoms with E-state index in [1.807, 2.05) is 0 Å². The van der Waals surface area contributed by atoms with Gasteiger partial charge in [-0.3, -0.25) is 0 Å². The summed E-state index contributed by atoms with van der Waals surface area (Å²) in [5.41, 5.74) is 0. The van der Waals surface area contributed by atoms with Crippen molar-refractivity contribution in [2.75, 3.05) is 6.61 Å². The lowest BCUT2D eigenvalue weighted by molar-refractivity contribution is 0.287. The molecule has 15 heavy (non-hydrogen) atoms. The van der Waals surface area contributed by atoms with E-state index in [0.29, 0.717) is 23.4 Å². The fourth-order valence-corrected chi connectivity index (χ4v) is 1.36. The Balaban J connectivity index is 2.40. The molecular weight excluding hydrogens is 235 g/mol. The van der Waals surface area contributed by atoms with Crippen LogP contribution in [0.25, 0.3) is 0 Å². The molecule has 0 unspecified atom stereocenters. The van der Waals surface area contributed by atoms with E-state index in [1.165, 1.54) is 6.20 Å². The maximum Gasteiger partial charge on any atom is 0.237 e. The topological polar surface area (TPSA) is 35.0 Å². The lowest BCUT2D eigenvalue weighted by Gasteiger charge is -2.07. The lowest BCUT2D eigenvalue weighted by Crippen LogP contribution is -2.02. The fraction of sp³-hybridized carbons (Fsp3) is 0.600. The molecule has 0 N–H and O–H groups in total. The van der Waals surface area contributed by atoms with Gasteiger partial charge in [0.05, 0.1) is 12.8 Å². The third-order valence-electron chi connectivity index (χ3n) is 1.85. The molecule has 0 aliphatic rings. The van der Waals surface area contributed by atoms with Crippen LogP contribution in [0.5, 0.6) is 5.88 Å². The Morgan fingerprint density at radius 3 is 2.80 bits per heavy atom. The molecule has 0 aliphatic heterocycles. The van der Waals surface area contributed by atoms with E-state index in [1.54, 1.807) is 0 Å². The highest BCUT2D eigenvalue weighted by Crippen LogP contribution is 2.22. The summed E-state index contributed by atoms with van der Waals surface area (Å²) in [5, 5.41) is 0.544. The molecule has 0 radical (unpaired) electrons. The van der Waals surface area contributed by atoms with Crippen LogP contribution >= 0.6 is 23.2 Å². The molecule has 0 bridgehead atoms. The SMILES string of the molecule is CC(C)CCCOc1nc(Cl)ncc1Cl. The van der Waals surface area contributed by atoms with Crippen molar-refractivity contribution in [1.29, 1.82) is 0 Å². The van der Waals surface area contributed by atoms with E-state index < -0.39 is 0 Å². The van der Waals surface area contributed by atoms with Gasteiger partial charge in [0.25, 0.3) is 0 Å². The van der Waals surface area contributed by atoms with Crippen LogP contribution in [-0.2, 0) is 0 Å². The number of halogens is 2. The number of hydrogen-bond acceptors (Lipinski definition) is 3. The first-order valence-corrected chi connectivity index (χ1v) is 5.66. The summed E-state index contributed by atoms with van der Waals surface area (Å²) in [6.45, 7) is 4.95. The average Bonchev–Trinajstić information content (AvgIpc) is 2.17. The monoisotopic (exact) mass is 248 g/mol. The minimum absolute atomic E-state index is 0.151. The number of aromatic nitrogens is 2. The zero-order chi connectivity index (χ0) is 11.3. The Bertz CT molecular complexity index is 318. The van der Waals surface area contributed by atoms with Gasteiger partial charge >= 0.3 is 0 Å². The van der Waals surface area contributed by atoms with Gasteiger partial charge in [-0.25, -0.2) is 4.98 Å². The van der Waals surface area contributed by atoms with Crippen molar-refractivity contribution in [3.63, 3.8) is 0 Å². The van der Waals surface area contributed by atoms with Crippen LogP contribution in [0.4, 0.5) is 0 Å². The summed E-state index contributed by atoms with van der Waals surface area (Å²) < 4.78 is 5.40. The molecule has 1 heterocycles. The minimum atomic E-state index is 0.151. The van der Waals surface area contributed by atoms with Gasteiger partial charge in [-0.2, -0.15) is 4.98 Å². The standard InChI is InChI=1S/C10H14Cl2N2O/c1-7(2)4-3-5-15-9-8(11)6-13-10(12)14-9/h6-7H,3-5H2,1-2H3. The molecule has 5 heteroatoms. The van der Waals surface area contributed by atoms with Crippen molar-refractivity contribution in [3.8, 4) is 5.88 Å². The molecule has 0 aliphatic carbocycles. The normalized spacial score (nSPS) is 10.7. The molecular formula is C10H14Cl2N2O. The van der Waals surface area contributed by atoms with Gasteiger partial charge in [-0.05, 0) is 30.4 Å². The lowest BCUT2D eigenvalue weighted by atomic mass is 10.1. The first-order valence-electron chi connectivity index (χ1n) is 4.90. The van der Waals surface area contributed by atoms with Gasteiger partial charge in [0.15, 0.2) is 0 Å². The highest BCUT2D eigenvalue weighted by Gasteiger charge is 2.05. The van der Waals surface area contributed by atoms with Gasteiger partial charge in [0.1, 0.15) is 5.02 Å². The predicted octanol–water partition coefficient (Wildman–Crippen LogP) is 3.60. The number of hydrogen-bond donors (Lipinski definition) is 0. The van der Waals surface area contributed by atoms with Gasteiger partial charge in [0.2, 0.25) is 11.2 Å². The van der Waals surface area contributed by atoms with Crippen molar-refractivity contribution < 1.29 is 4.74 Å². The molecule has 1 rings (SSSR count). The summed E-state index contributed by atoms with van der Waals surface area (Å²) in [6.07, 6.45) is 3.54. The Kier molecular flexibility index (Phi) is 5.12. The van der Waals surface area contributed by atoms with E-state index in [-0.39, 0.29) is 5.28 Å². The van der Waals surface area contributed by atoms with E-state index in [0.717, 1.165) is 12.8 Å². The van der Waals surface area contributed by atoms with Gasteiger partial charge < -0.3 is 4.74 Å². The highest BCUT2D eigenvalue weighted by atomic mass is 35.5. The molecule has 0 amide bonds. The fourth-order valence-electron chi connectivity index (χ4n) is 1.09. The molecule has 0 aromatic carbocycles. The largest absolute Gasteiger partial charge is 0.477 e. The second-order valence-electron chi connectivity index (χ2n) is 3.68. The Labute approximate surface area is 99.8 Å². The van der Waals surface area contributed by atoms with Crippen molar-refractivity contribution in [2.45, 2.75) is 26.7 Å². The van der Waals surface area contributed by atoms with E-state index in [9.17, 15) is 0 Å². The van der Waals surface area contributed by atoms with Crippen molar-refractivity contribution >= 4 is 23.2 Å². The summed E-state index contributed by atoms with van der Waals surface area (Å²) >= 11 is 11.4. The van der Waals surface area contributed by atoms with Crippen molar-refractivity contribution in [3.05, 3.63) is 16.5 Å². The molecule has 0 saturated carbocycles. The summed E-state index contributed by atoms with van der Waals surface area (Å²) in [4.78, 5) is 7.63. The van der Waals surface area contributed by atoms with Crippen molar-refractivity contribution in [2.24, 2.45) is 5.92 Å². The number of rotatable bonds is 5. The maximum absolute atomic E-state index is 5.83. The molecule has 3 nitrogen and oxygen atoms in total. The highest BCUT2D eigenvalue weighted by molar-refractivity contribution is 6.32. The van der Waals surface area contributed by atoms with Crippen LogP contribution in [0.1, 0.15) is 26.7 Å². The second kappa shape index (κ2) is 6.13. The Hall–Kier alpha value is -0.540. The van der Waals surface area contributed by atoms with Gasteiger partial charge in [-0.15, -0.1) is 0 Å². The molecule has 0 spiro atoms. The molecule has 1 aromatic rings. The van der Waals surface area contributed by atoms with Crippen LogP contribution in [0.3, 0.4) is 0 Å². The zero-order valence-corrected chi connectivity index (χ0v) is 10.3. The Morgan fingerprint density at radius 2 is 2.13 bits per heavy atom. The zero-order valence-electron chi connectivity index (χ0n) is 8.83. The summed E-state index contributed by atoms with van der Waals surface area (Å²) in [5.74, 6) is 1.04. The quantitative estimate of drug-likeness (QED) is 0.590. The van der Waals surface area contributed by atoms with E-state index in [2.05, 4.69) is 23.8 Å². The maximum atomic E-state index is 5.83. The minimum Gasteiger partial charge on any atom is -0.477 e. The van der Waals surface area contributed by atoms with Gasteiger partial charge in [-0.1, -0.05) is 25.4 Å². The van der Waals surface area contributed by atoms with Crippen molar-refractivity contribution in [1.82, 2.24) is 9.97 Å². The summed E-state index contributed by atoms with van der Waals surface area (Å²) in [7, 11) is 0. The molecule has 1 aromatic heterocycles. The first kappa shape index (κ1) is 12.5. The van der Waals surface area contributed by atoms with Crippen LogP contribution in [0.15, 0.2) is 6.20 Å². The third-order valence-corrected chi connectivity index (χ3v) is 2.29.